The molecule has 0 saturated carbocycles. The molecule has 0 bridgehead atoms. The lowest BCUT2D eigenvalue weighted by Gasteiger charge is -2.48. The molecule has 0 radical (unpaired) electrons. The topological polar surface area (TPSA) is 60.9 Å². The summed E-state index contributed by atoms with van der Waals surface area (Å²) in [6.45, 7) is 0.635. The van der Waals surface area contributed by atoms with Gasteiger partial charge in [-0.15, -0.1) is 0 Å². The van der Waals surface area contributed by atoms with E-state index in [1.165, 1.54) is 0 Å². The van der Waals surface area contributed by atoms with Crippen LogP contribution in [-0.2, 0) is 16.8 Å². The molecule has 1 amide bonds. The van der Waals surface area contributed by atoms with Crippen LogP contribution in [0.5, 0.6) is 0 Å². The molecule has 38 heavy (non-hydrogen) atoms. The maximum atomic E-state index is 15.0. The number of likely N-dealkylation sites (N-methyl/N-ethyl adjacent to an activating group) is 1. The zero-order valence-corrected chi connectivity index (χ0v) is 21.4. The van der Waals surface area contributed by atoms with Gasteiger partial charge in [-0.3, -0.25) is 14.5 Å². The van der Waals surface area contributed by atoms with Crippen molar-refractivity contribution in [2.24, 2.45) is 5.41 Å². The Morgan fingerprint density at radius 3 is 2.50 bits per heavy atom. The number of ketones is 1. The first-order valence-corrected chi connectivity index (χ1v) is 13.4. The highest BCUT2D eigenvalue weighted by atomic mass is 16.3. The van der Waals surface area contributed by atoms with Gasteiger partial charge in [0, 0.05) is 35.8 Å². The summed E-state index contributed by atoms with van der Waals surface area (Å²) in [4.78, 5) is 33.7. The zero-order valence-electron chi connectivity index (χ0n) is 21.4. The van der Waals surface area contributed by atoms with E-state index in [-0.39, 0.29) is 30.8 Å². The van der Waals surface area contributed by atoms with Crippen LogP contribution in [0.2, 0.25) is 0 Å². The van der Waals surface area contributed by atoms with Gasteiger partial charge in [-0.25, -0.2) is 0 Å². The molecule has 1 saturated heterocycles. The summed E-state index contributed by atoms with van der Waals surface area (Å²) < 4.78 is 0. The molecule has 5 nitrogen and oxygen atoms in total. The van der Waals surface area contributed by atoms with Crippen LogP contribution in [0.3, 0.4) is 0 Å². The Morgan fingerprint density at radius 1 is 0.895 bits per heavy atom. The summed E-state index contributed by atoms with van der Waals surface area (Å²) in [6, 6.07) is 30.4. The van der Waals surface area contributed by atoms with E-state index in [1.807, 2.05) is 67.7 Å². The van der Waals surface area contributed by atoms with E-state index in [4.69, 9.17) is 0 Å². The number of β-amino-alcohol motifs (C(OH)–C–C–N with tert-alkyl or cyclic N) is 1. The lowest BCUT2D eigenvalue weighted by atomic mass is 9.53. The van der Waals surface area contributed by atoms with Crippen LogP contribution in [0.4, 0.5) is 5.69 Å². The number of fused-ring (bicyclic) bond motifs is 5. The number of Topliss-reactive ketones (excluding diaryl/α,β-unsaturated/α-hetero) is 1. The van der Waals surface area contributed by atoms with Crippen molar-refractivity contribution in [3.63, 3.8) is 0 Å². The van der Waals surface area contributed by atoms with Crippen molar-refractivity contribution in [3.8, 4) is 0 Å². The highest BCUT2D eigenvalue weighted by Crippen LogP contribution is 2.67. The van der Waals surface area contributed by atoms with E-state index < -0.39 is 11.0 Å². The van der Waals surface area contributed by atoms with E-state index >= 15 is 4.79 Å². The lowest BCUT2D eigenvalue weighted by molar-refractivity contribution is -0.133. The quantitative estimate of drug-likeness (QED) is 0.432. The number of aryl methyl sites for hydroxylation is 1. The third kappa shape index (κ3) is 2.73. The minimum Gasteiger partial charge on any atom is -0.395 e. The summed E-state index contributed by atoms with van der Waals surface area (Å²) in [6.07, 6.45) is 1.31. The number of benzene rings is 4. The maximum Gasteiger partial charge on any atom is 0.253 e. The molecule has 1 fully saturated rings. The van der Waals surface area contributed by atoms with Crippen molar-refractivity contribution >= 4 is 28.2 Å². The Labute approximate surface area is 222 Å². The molecule has 3 aliphatic rings. The van der Waals surface area contributed by atoms with Crippen LogP contribution >= 0.6 is 0 Å². The van der Waals surface area contributed by atoms with Crippen molar-refractivity contribution in [1.82, 2.24) is 4.90 Å². The minimum absolute atomic E-state index is 0.0515. The number of aliphatic hydroxyl groups is 1. The van der Waals surface area contributed by atoms with Crippen LogP contribution in [0, 0.1) is 5.41 Å². The predicted octanol–water partition coefficient (Wildman–Crippen LogP) is 4.92. The average Bonchev–Trinajstić information content (AvgIpc) is 3.36. The van der Waals surface area contributed by atoms with Gasteiger partial charge in [0.1, 0.15) is 5.54 Å². The third-order valence-electron chi connectivity index (χ3n) is 9.39. The van der Waals surface area contributed by atoms with Gasteiger partial charge in [0.05, 0.1) is 12.0 Å². The Balaban J connectivity index is 1.56. The molecule has 7 rings (SSSR count). The molecule has 190 valence electrons. The van der Waals surface area contributed by atoms with E-state index in [0.717, 1.165) is 45.1 Å². The molecule has 2 heterocycles. The van der Waals surface area contributed by atoms with Crippen molar-refractivity contribution in [2.75, 3.05) is 31.6 Å². The van der Waals surface area contributed by atoms with E-state index in [1.54, 1.807) is 4.90 Å². The highest BCUT2D eigenvalue weighted by molar-refractivity contribution is 6.16. The summed E-state index contributed by atoms with van der Waals surface area (Å²) in [5.41, 5.74) is 2.40. The molecular weight excluding hydrogens is 472 g/mol. The van der Waals surface area contributed by atoms with Gasteiger partial charge in [0.15, 0.2) is 5.78 Å². The number of carbonyl (C=O) groups is 2. The fraction of sp³-hybridized carbons (Fsp3) is 0.273. The minimum atomic E-state index is -1.16. The van der Waals surface area contributed by atoms with Crippen molar-refractivity contribution in [1.29, 1.82) is 0 Å². The molecule has 2 aliphatic heterocycles. The molecule has 0 unspecified atom stereocenters. The summed E-state index contributed by atoms with van der Waals surface area (Å²) in [7, 11) is 2.00. The van der Waals surface area contributed by atoms with Crippen molar-refractivity contribution in [3.05, 3.63) is 113 Å². The molecule has 0 aromatic heterocycles. The van der Waals surface area contributed by atoms with Gasteiger partial charge < -0.3 is 10.0 Å². The van der Waals surface area contributed by atoms with E-state index in [0.29, 0.717) is 13.0 Å². The van der Waals surface area contributed by atoms with Crippen molar-refractivity contribution in [2.45, 2.75) is 24.3 Å². The lowest BCUT2D eigenvalue weighted by Crippen LogP contribution is -2.61. The number of rotatable bonds is 3. The second-order valence-electron chi connectivity index (χ2n) is 10.9. The van der Waals surface area contributed by atoms with Crippen LogP contribution < -0.4 is 4.90 Å². The smallest absolute Gasteiger partial charge is 0.253 e. The molecule has 4 aromatic rings. The van der Waals surface area contributed by atoms with Gasteiger partial charge in [-0.1, -0.05) is 84.9 Å². The first kappa shape index (κ1) is 23.3. The number of anilines is 1. The second kappa shape index (κ2) is 8.35. The van der Waals surface area contributed by atoms with Gasteiger partial charge in [0.25, 0.3) is 5.91 Å². The van der Waals surface area contributed by atoms with Crippen molar-refractivity contribution < 1.29 is 14.7 Å². The first-order valence-electron chi connectivity index (χ1n) is 13.4. The Bertz CT molecular complexity index is 1610. The largest absolute Gasteiger partial charge is 0.395 e. The average molecular weight is 503 g/mol. The normalized spacial score (nSPS) is 26.5. The molecule has 2 spiro atoms. The second-order valence-corrected chi connectivity index (χ2v) is 10.9. The molecular formula is C33H30N2O3. The number of aliphatic hydroxyl groups excluding tert-OH is 1. The van der Waals surface area contributed by atoms with Crippen LogP contribution in [-0.4, -0.2) is 48.4 Å². The highest BCUT2D eigenvalue weighted by Gasteiger charge is 2.75. The SMILES string of the molecule is CN1C[C@H](c2cccc3ccccc23)[C@]2(CCc3ccccc3C2=O)[C@]12C(=O)N(CCO)c1ccccc12. The van der Waals surface area contributed by atoms with Crippen LogP contribution in [0.15, 0.2) is 91.0 Å². The maximum absolute atomic E-state index is 15.0. The number of likely N-dealkylation sites (tertiary alicyclic amines) is 1. The number of hydrogen-bond acceptors (Lipinski definition) is 4. The fourth-order valence-corrected chi connectivity index (χ4v) is 7.96. The van der Waals surface area contributed by atoms with Gasteiger partial charge in [-0.05, 0) is 47.9 Å². The summed E-state index contributed by atoms with van der Waals surface area (Å²) in [5.74, 6) is -0.244. The summed E-state index contributed by atoms with van der Waals surface area (Å²) >= 11 is 0. The zero-order chi connectivity index (χ0) is 26.1. The number of amides is 1. The standard InChI is InChI=1S/C33H30N2O3/c1-34-21-28(26-14-8-11-22-9-2-4-12-24(22)26)32(18-17-23-10-3-5-13-25(23)30(32)37)33(34)27-15-6-7-16-29(27)35(19-20-36)31(33)38/h2-16,28,36H,17-21H2,1H3/t28-,32+,33+/m1/s1. The summed E-state index contributed by atoms with van der Waals surface area (Å²) in [5, 5.41) is 12.2. The molecule has 5 heteroatoms. The third-order valence-corrected chi connectivity index (χ3v) is 9.39. The van der Waals surface area contributed by atoms with Crippen LogP contribution in [0.25, 0.3) is 10.8 Å². The number of hydrogen-bond donors (Lipinski definition) is 1. The van der Waals surface area contributed by atoms with Crippen LogP contribution in [0.1, 0.15) is 39.4 Å². The molecule has 1 N–H and O–H groups in total. The first-order chi connectivity index (χ1) is 18.6. The molecule has 4 aromatic carbocycles. The monoisotopic (exact) mass is 502 g/mol. The Morgan fingerprint density at radius 2 is 1.63 bits per heavy atom. The van der Waals surface area contributed by atoms with Gasteiger partial charge >= 0.3 is 0 Å². The fourth-order valence-electron chi connectivity index (χ4n) is 7.96. The molecule has 1 aliphatic carbocycles. The molecule has 3 atom stereocenters. The Kier molecular flexibility index (Phi) is 5.13. The number of nitrogens with zero attached hydrogens (tertiary/aromatic N) is 2. The van der Waals surface area contributed by atoms with E-state index in [2.05, 4.69) is 35.2 Å². The Hall–Kier alpha value is -3.80. The van der Waals surface area contributed by atoms with E-state index in [9.17, 15) is 9.90 Å². The predicted molar refractivity (Wildman–Crippen MR) is 148 cm³/mol. The van der Waals surface area contributed by atoms with Gasteiger partial charge in [0.2, 0.25) is 0 Å². The number of carbonyl (C=O) groups excluding carboxylic acids is 2. The number of para-hydroxylation sites is 1. The van der Waals surface area contributed by atoms with Gasteiger partial charge in [-0.2, -0.15) is 0 Å².